The molecule has 26 heavy (non-hydrogen) atoms. The van der Waals surface area contributed by atoms with Crippen LogP contribution in [-0.2, 0) is 11.3 Å². The number of carbonyl (C=O) groups excluding carboxylic acids is 1. The van der Waals surface area contributed by atoms with Crippen LogP contribution in [0.3, 0.4) is 0 Å². The number of ether oxygens (including phenoxy) is 1. The van der Waals surface area contributed by atoms with Gasteiger partial charge < -0.3 is 10.1 Å². The Balaban J connectivity index is 1.66. The van der Waals surface area contributed by atoms with E-state index in [-0.39, 0.29) is 18.2 Å². The molecule has 2 heterocycles. The highest BCUT2D eigenvalue weighted by Gasteiger charge is 2.17. The van der Waals surface area contributed by atoms with Gasteiger partial charge in [-0.3, -0.25) is 14.8 Å². The number of nitrogens with zero attached hydrogens (tertiary/aromatic N) is 2. The number of hydrogen-bond acceptors (Lipinski definition) is 4. The van der Waals surface area contributed by atoms with Crippen LogP contribution in [0.5, 0.6) is 5.75 Å². The number of halogens is 1. The molecule has 6 heteroatoms. The third kappa shape index (κ3) is 4.22. The van der Waals surface area contributed by atoms with Crippen molar-refractivity contribution in [3.63, 3.8) is 0 Å². The van der Waals surface area contributed by atoms with Gasteiger partial charge in [0.25, 0.3) is 5.91 Å². The molecule has 0 spiro atoms. The van der Waals surface area contributed by atoms with Crippen molar-refractivity contribution >= 4 is 5.91 Å². The molecule has 0 saturated carbocycles. The molecular weight excluding hydrogens is 333 g/mol. The second-order valence-electron chi connectivity index (χ2n) is 5.66. The second-order valence-corrected chi connectivity index (χ2v) is 5.66. The molecule has 1 N–H and O–H groups in total. The number of amides is 1. The van der Waals surface area contributed by atoms with Crippen LogP contribution in [0, 0.1) is 5.82 Å². The number of benzene rings is 1. The minimum atomic E-state index is -0.828. The van der Waals surface area contributed by atoms with Crippen LogP contribution in [-0.4, -0.2) is 22.0 Å². The number of nitrogens with one attached hydrogen (secondary N) is 1. The summed E-state index contributed by atoms with van der Waals surface area (Å²) >= 11 is 0. The highest BCUT2D eigenvalue weighted by atomic mass is 19.1. The van der Waals surface area contributed by atoms with E-state index in [1.165, 1.54) is 12.1 Å². The summed E-state index contributed by atoms with van der Waals surface area (Å²) in [6.07, 6.45) is 4.27. The van der Waals surface area contributed by atoms with E-state index in [9.17, 15) is 9.18 Å². The fraction of sp³-hybridized carbons (Fsp3) is 0.150. The van der Waals surface area contributed by atoms with Gasteiger partial charge in [-0.2, -0.15) is 0 Å². The zero-order chi connectivity index (χ0) is 18.4. The van der Waals surface area contributed by atoms with Crippen LogP contribution >= 0.6 is 0 Å². The Labute approximate surface area is 150 Å². The normalized spacial score (nSPS) is 11.6. The summed E-state index contributed by atoms with van der Waals surface area (Å²) in [6, 6.07) is 13.4. The first-order chi connectivity index (χ1) is 12.6. The van der Waals surface area contributed by atoms with Crippen molar-refractivity contribution in [2.45, 2.75) is 19.6 Å². The maximum atomic E-state index is 13.6. The molecule has 1 atom stereocenters. The quantitative estimate of drug-likeness (QED) is 0.740. The summed E-state index contributed by atoms with van der Waals surface area (Å²) in [5.41, 5.74) is 2.48. The summed E-state index contributed by atoms with van der Waals surface area (Å²) in [4.78, 5) is 20.8. The van der Waals surface area contributed by atoms with Gasteiger partial charge in [-0.15, -0.1) is 0 Å². The first-order valence-electron chi connectivity index (χ1n) is 8.18. The van der Waals surface area contributed by atoms with Gasteiger partial charge in [-0.1, -0.05) is 18.2 Å². The molecule has 0 fully saturated rings. The van der Waals surface area contributed by atoms with E-state index >= 15 is 0 Å². The Morgan fingerprint density at radius 1 is 1.15 bits per heavy atom. The highest BCUT2D eigenvalue weighted by Crippen LogP contribution is 2.20. The predicted octanol–water partition coefficient (Wildman–Crippen LogP) is 3.37. The van der Waals surface area contributed by atoms with Crippen LogP contribution in [0.2, 0.25) is 0 Å². The number of pyridine rings is 2. The van der Waals surface area contributed by atoms with Crippen molar-refractivity contribution in [2.24, 2.45) is 0 Å². The fourth-order valence-corrected chi connectivity index (χ4v) is 2.45. The number of aromatic nitrogens is 2. The lowest BCUT2D eigenvalue weighted by atomic mass is 10.1. The monoisotopic (exact) mass is 351 g/mol. The summed E-state index contributed by atoms with van der Waals surface area (Å²) in [6.45, 7) is 1.86. The van der Waals surface area contributed by atoms with Gasteiger partial charge in [0.1, 0.15) is 0 Å². The van der Waals surface area contributed by atoms with Crippen molar-refractivity contribution in [3.05, 3.63) is 78.5 Å². The maximum Gasteiger partial charge on any atom is 0.261 e. The third-order valence-corrected chi connectivity index (χ3v) is 3.79. The molecule has 0 bridgehead atoms. The van der Waals surface area contributed by atoms with Gasteiger partial charge in [-0.05, 0) is 42.8 Å². The number of hydrogen-bond donors (Lipinski definition) is 1. The van der Waals surface area contributed by atoms with Gasteiger partial charge in [0.05, 0.1) is 5.69 Å². The summed E-state index contributed by atoms with van der Waals surface area (Å²) in [5.74, 6) is -0.792. The van der Waals surface area contributed by atoms with Gasteiger partial charge in [0, 0.05) is 30.7 Å². The van der Waals surface area contributed by atoms with Crippen LogP contribution in [0.4, 0.5) is 4.39 Å². The average Bonchev–Trinajstić information content (AvgIpc) is 2.68. The molecule has 0 aliphatic heterocycles. The third-order valence-electron chi connectivity index (χ3n) is 3.79. The van der Waals surface area contributed by atoms with Crippen molar-refractivity contribution in [3.8, 4) is 17.0 Å². The molecule has 1 aromatic carbocycles. The summed E-state index contributed by atoms with van der Waals surface area (Å²) in [7, 11) is 0. The molecule has 3 rings (SSSR count). The lowest BCUT2D eigenvalue weighted by Crippen LogP contribution is -2.36. The minimum absolute atomic E-state index is 0.0487. The largest absolute Gasteiger partial charge is 0.478 e. The molecule has 0 aliphatic rings. The Hall–Kier alpha value is -3.28. The van der Waals surface area contributed by atoms with Crippen molar-refractivity contribution in [1.29, 1.82) is 0 Å². The van der Waals surface area contributed by atoms with E-state index in [1.807, 2.05) is 18.2 Å². The highest BCUT2D eigenvalue weighted by molar-refractivity contribution is 5.81. The Morgan fingerprint density at radius 2 is 1.96 bits per heavy atom. The Morgan fingerprint density at radius 3 is 2.73 bits per heavy atom. The van der Waals surface area contributed by atoms with E-state index in [0.717, 1.165) is 16.8 Å². The smallest absolute Gasteiger partial charge is 0.261 e. The molecule has 0 radical (unpaired) electrons. The predicted molar refractivity (Wildman–Crippen MR) is 95.8 cm³/mol. The van der Waals surface area contributed by atoms with Crippen molar-refractivity contribution < 1.29 is 13.9 Å². The van der Waals surface area contributed by atoms with Crippen LogP contribution in [0.25, 0.3) is 11.3 Å². The standard InChI is InChI=1S/C20H18FN3O2/c1-14(26-18-9-3-2-8-17(18)21)20(25)24-13-16-7-5-11-23-19(16)15-6-4-10-22-12-15/h2-12,14H,13H2,1H3,(H,24,25). The zero-order valence-corrected chi connectivity index (χ0v) is 14.2. The lowest BCUT2D eigenvalue weighted by molar-refractivity contribution is -0.127. The number of rotatable bonds is 6. The van der Waals surface area contributed by atoms with E-state index in [0.29, 0.717) is 0 Å². The lowest BCUT2D eigenvalue weighted by Gasteiger charge is -2.16. The Kier molecular flexibility index (Phi) is 5.53. The summed E-state index contributed by atoms with van der Waals surface area (Å²) in [5, 5.41) is 2.80. The maximum absolute atomic E-state index is 13.6. The van der Waals surface area contributed by atoms with Crippen LogP contribution < -0.4 is 10.1 Å². The fourth-order valence-electron chi connectivity index (χ4n) is 2.45. The molecule has 0 aliphatic carbocycles. The molecule has 3 aromatic rings. The number of para-hydroxylation sites is 1. The van der Waals surface area contributed by atoms with E-state index < -0.39 is 11.9 Å². The van der Waals surface area contributed by atoms with Crippen molar-refractivity contribution in [1.82, 2.24) is 15.3 Å². The van der Waals surface area contributed by atoms with Gasteiger partial charge in [0.15, 0.2) is 17.7 Å². The zero-order valence-electron chi connectivity index (χ0n) is 14.2. The molecule has 132 valence electrons. The van der Waals surface area contributed by atoms with E-state index in [2.05, 4.69) is 15.3 Å². The van der Waals surface area contributed by atoms with E-state index in [4.69, 9.17) is 4.74 Å². The minimum Gasteiger partial charge on any atom is -0.478 e. The van der Waals surface area contributed by atoms with E-state index in [1.54, 1.807) is 43.7 Å². The second kappa shape index (κ2) is 8.20. The first kappa shape index (κ1) is 17.5. The summed E-state index contributed by atoms with van der Waals surface area (Å²) < 4.78 is 19.0. The molecule has 5 nitrogen and oxygen atoms in total. The molecular formula is C20H18FN3O2. The first-order valence-corrected chi connectivity index (χ1v) is 8.18. The topological polar surface area (TPSA) is 64.1 Å². The van der Waals surface area contributed by atoms with Crippen LogP contribution in [0.15, 0.2) is 67.1 Å². The molecule has 2 aromatic heterocycles. The van der Waals surface area contributed by atoms with Gasteiger partial charge in [0.2, 0.25) is 0 Å². The molecule has 0 saturated heterocycles. The average molecular weight is 351 g/mol. The van der Waals surface area contributed by atoms with Crippen LogP contribution in [0.1, 0.15) is 12.5 Å². The SMILES string of the molecule is CC(Oc1ccccc1F)C(=O)NCc1cccnc1-c1cccnc1. The van der Waals surface area contributed by atoms with Gasteiger partial charge >= 0.3 is 0 Å². The Bertz CT molecular complexity index is 887. The number of carbonyl (C=O) groups is 1. The molecule has 1 unspecified atom stereocenters. The molecule has 1 amide bonds. The van der Waals surface area contributed by atoms with Gasteiger partial charge in [-0.25, -0.2) is 4.39 Å². The van der Waals surface area contributed by atoms with Crippen molar-refractivity contribution in [2.75, 3.05) is 0 Å².